The van der Waals surface area contributed by atoms with E-state index in [-0.39, 0.29) is 20.1 Å². The van der Waals surface area contributed by atoms with Gasteiger partial charge in [0, 0.05) is 48.3 Å². The van der Waals surface area contributed by atoms with Gasteiger partial charge in [-0.15, -0.1) is 29.8 Å². The fourth-order valence-electron chi connectivity index (χ4n) is 2.97. The third kappa shape index (κ3) is 3.91. The van der Waals surface area contributed by atoms with E-state index in [9.17, 15) is 0 Å². The van der Waals surface area contributed by atoms with Crippen LogP contribution in [0.2, 0.25) is 0 Å². The topological polar surface area (TPSA) is 27.1 Å². The van der Waals surface area contributed by atoms with Crippen LogP contribution >= 0.6 is 15.9 Å². The van der Waals surface area contributed by atoms with Gasteiger partial charge in [-0.25, -0.2) is 0 Å². The quantitative estimate of drug-likeness (QED) is 0.280. The molecule has 0 saturated carbocycles. The van der Waals surface area contributed by atoms with Gasteiger partial charge in [0.25, 0.3) is 0 Å². The van der Waals surface area contributed by atoms with E-state index in [4.69, 9.17) is 4.74 Å². The molecular formula is C22H16BrIrN2O-. The summed E-state index contributed by atoms with van der Waals surface area (Å²) in [6.07, 6.45) is 3.78. The van der Waals surface area contributed by atoms with Crippen molar-refractivity contribution in [3.05, 3.63) is 89.7 Å². The molecule has 4 aromatic rings. The van der Waals surface area contributed by atoms with Gasteiger partial charge in [-0.05, 0) is 27.6 Å². The molecule has 27 heavy (non-hydrogen) atoms. The Kier molecular flexibility index (Phi) is 6.27. The van der Waals surface area contributed by atoms with Crippen molar-refractivity contribution in [1.82, 2.24) is 9.55 Å². The minimum absolute atomic E-state index is 0. The molecule has 0 atom stereocenters. The van der Waals surface area contributed by atoms with Crippen LogP contribution in [0.5, 0.6) is 5.75 Å². The second-order valence-corrected chi connectivity index (χ2v) is 6.62. The first-order chi connectivity index (χ1) is 12.8. The Hall–Kier alpha value is -2.20. The van der Waals surface area contributed by atoms with Crippen molar-refractivity contribution >= 4 is 15.9 Å². The van der Waals surface area contributed by atoms with E-state index in [2.05, 4.69) is 49.7 Å². The zero-order valence-electron chi connectivity index (χ0n) is 14.5. The molecule has 137 valence electrons. The van der Waals surface area contributed by atoms with Crippen LogP contribution in [0.15, 0.2) is 83.6 Å². The molecule has 0 amide bonds. The molecule has 0 aliphatic heterocycles. The van der Waals surface area contributed by atoms with E-state index in [0.717, 1.165) is 38.4 Å². The van der Waals surface area contributed by atoms with E-state index in [1.807, 2.05) is 60.9 Å². The SMILES string of the molecule is COc1c[c-]c(-c2nccn2-c2c(Br)cccc2-c2ccccc2)cc1.[Ir]. The van der Waals surface area contributed by atoms with Crippen molar-refractivity contribution in [2.45, 2.75) is 0 Å². The normalized spacial score (nSPS) is 10.3. The van der Waals surface area contributed by atoms with Gasteiger partial charge in [-0.2, -0.15) is 0 Å². The molecule has 0 aliphatic carbocycles. The number of halogens is 1. The maximum Gasteiger partial charge on any atom is 0.0647 e. The summed E-state index contributed by atoms with van der Waals surface area (Å²) in [6.45, 7) is 0. The Labute approximate surface area is 180 Å². The molecule has 0 fully saturated rings. The van der Waals surface area contributed by atoms with Crippen LogP contribution in [0.3, 0.4) is 0 Å². The maximum atomic E-state index is 5.23. The Morgan fingerprint density at radius 1 is 1.00 bits per heavy atom. The average Bonchev–Trinajstić information content (AvgIpc) is 3.18. The van der Waals surface area contributed by atoms with Crippen LogP contribution in [0.25, 0.3) is 28.2 Å². The molecule has 1 radical (unpaired) electrons. The number of ether oxygens (including phenoxy) is 1. The van der Waals surface area contributed by atoms with Crippen LogP contribution in [0.4, 0.5) is 0 Å². The molecule has 0 unspecified atom stereocenters. The van der Waals surface area contributed by atoms with Crippen molar-refractivity contribution in [2.75, 3.05) is 7.11 Å². The Balaban J connectivity index is 0.00000210. The minimum atomic E-state index is 0. The number of methoxy groups -OCH3 is 1. The van der Waals surface area contributed by atoms with Gasteiger partial charge in [0.05, 0.1) is 18.6 Å². The number of aromatic nitrogens is 2. The summed E-state index contributed by atoms with van der Waals surface area (Å²) in [4.78, 5) is 4.56. The third-order valence-corrected chi connectivity index (χ3v) is 4.85. The number of nitrogens with zero attached hydrogens (tertiary/aromatic N) is 2. The monoisotopic (exact) mass is 596 g/mol. The zero-order valence-corrected chi connectivity index (χ0v) is 18.5. The van der Waals surface area contributed by atoms with E-state index < -0.39 is 0 Å². The van der Waals surface area contributed by atoms with Crippen molar-refractivity contribution in [1.29, 1.82) is 0 Å². The van der Waals surface area contributed by atoms with Gasteiger partial charge in [0.15, 0.2) is 0 Å². The van der Waals surface area contributed by atoms with E-state index >= 15 is 0 Å². The smallest absolute Gasteiger partial charge is 0.0647 e. The molecule has 0 bridgehead atoms. The van der Waals surface area contributed by atoms with Gasteiger partial charge >= 0.3 is 0 Å². The number of hydrogen-bond acceptors (Lipinski definition) is 2. The van der Waals surface area contributed by atoms with Gasteiger partial charge in [-0.3, -0.25) is 4.98 Å². The molecule has 1 heterocycles. The average molecular weight is 597 g/mol. The van der Waals surface area contributed by atoms with Crippen molar-refractivity contribution in [3.8, 4) is 34.0 Å². The molecule has 0 spiro atoms. The second kappa shape index (κ2) is 8.66. The largest absolute Gasteiger partial charge is 0.540 e. The predicted molar refractivity (Wildman–Crippen MR) is 108 cm³/mol. The minimum Gasteiger partial charge on any atom is -0.540 e. The Bertz CT molecular complexity index is 1030. The summed E-state index contributed by atoms with van der Waals surface area (Å²) >= 11 is 3.72. The van der Waals surface area contributed by atoms with Gasteiger partial charge in [-0.1, -0.05) is 42.5 Å². The third-order valence-electron chi connectivity index (χ3n) is 4.21. The standard InChI is InChI=1S/C22H16BrN2O.Ir/c1-26-18-12-10-17(11-13-18)22-24-14-15-25(22)21-19(8-5-9-20(21)23)16-6-3-2-4-7-16;/h2-10,12-15H,1H3;/q-1;. The molecule has 4 rings (SSSR count). The second-order valence-electron chi connectivity index (χ2n) is 5.77. The summed E-state index contributed by atoms with van der Waals surface area (Å²) in [5.74, 6) is 1.61. The van der Waals surface area contributed by atoms with Gasteiger partial charge in [0.1, 0.15) is 0 Å². The van der Waals surface area contributed by atoms with Crippen LogP contribution < -0.4 is 4.74 Å². The first kappa shape index (κ1) is 19.6. The molecule has 0 saturated heterocycles. The summed E-state index contributed by atoms with van der Waals surface area (Å²) in [5.41, 5.74) is 4.25. The molecule has 3 aromatic carbocycles. The van der Waals surface area contributed by atoms with Crippen LogP contribution in [0.1, 0.15) is 0 Å². The van der Waals surface area contributed by atoms with Crippen molar-refractivity contribution in [2.24, 2.45) is 0 Å². The molecule has 1 aromatic heterocycles. The number of benzene rings is 3. The number of hydrogen-bond donors (Lipinski definition) is 0. The first-order valence-corrected chi connectivity index (χ1v) is 9.01. The van der Waals surface area contributed by atoms with Crippen molar-refractivity contribution < 1.29 is 24.8 Å². The van der Waals surface area contributed by atoms with Gasteiger partial charge < -0.3 is 9.30 Å². The Morgan fingerprint density at radius 3 is 2.52 bits per heavy atom. The summed E-state index contributed by atoms with van der Waals surface area (Å²) in [5, 5.41) is 0. The molecule has 5 heteroatoms. The number of imidazole rings is 1. The van der Waals surface area contributed by atoms with E-state index in [0.29, 0.717) is 0 Å². The molecular weight excluding hydrogens is 580 g/mol. The number of rotatable bonds is 4. The molecule has 0 aliphatic rings. The molecule has 3 nitrogen and oxygen atoms in total. The van der Waals surface area contributed by atoms with Crippen LogP contribution in [0, 0.1) is 6.07 Å². The fourth-order valence-corrected chi connectivity index (χ4v) is 3.53. The first-order valence-electron chi connectivity index (χ1n) is 8.21. The van der Waals surface area contributed by atoms with E-state index in [1.54, 1.807) is 7.11 Å². The van der Waals surface area contributed by atoms with Gasteiger partial charge in [0.2, 0.25) is 0 Å². The van der Waals surface area contributed by atoms with Crippen molar-refractivity contribution in [3.63, 3.8) is 0 Å². The maximum absolute atomic E-state index is 5.23. The zero-order chi connectivity index (χ0) is 17.9. The van der Waals surface area contributed by atoms with E-state index in [1.165, 1.54) is 0 Å². The summed E-state index contributed by atoms with van der Waals surface area (Å²) < 4.78 is 8.33. The number of para-hydroxylation sites is 1. The molecule has 0 N–H and O–H groups in total. The predicted octanol–water partition coefficient (Wildman–Crippen LogP) is 5.78. The van der Waals surface area contributed by atoms with Crippen LogP contribution in [-0.2, 0) is 20.1 Å². The Morgan fingerprint density at radius 2 is 1.81 bits per heavy atom. The van der Waals surface area contributed by atoms with Crippen LogP contribution in [-0.4, -0.2) is 16.7 Å². The fraction of sp³-hybridized carbons (Fsp3) is 0.0455. The summed E-state index contributed by atoms with van der Waals surface area (Å²) in [6, 6.07) is 25.5. The summed E-state index contributed by atoms with van der Waals surface area (Å²) in [7, 11) is 1.65.